The summed E-state index contributed by atoms with van der Waals surface area (Å²) in [7, 11) is 1.29. The number of carbonyl (C=O) groups is 1. The molecule has 5 heteroatoms. The Balaban J connectivity index is 3.11. The molecule has 1 rings (SSSR count). The number of aromatic nitrogens is 1. The molecule has 0 aliphatic rings. The summed E-state index contributed by atoms with van der Waals surface area (Å²) in [5, 5.41) is 0.880. The smallest absolute Gasteiger partial charge is 0.358 e. The van der Waals surface area contributed by atoms with Crippen LogP contribution in [0.1, 0.15) is 16.2 Å². The summed E-state index contributed by atoms with van der Waals surface area (Å²) in [5.41, 5.74) is 0.894. The number of hydrogen-bond donors (Lipinski definition) is 0. The fourth-order valence-electron chi connectivity index (χ4n) is 0.797. The highest BCUT2D eigenvalue weighted by atomic mass is 79.9. The Morgan fingerprint density at radius 2 is 2.38 bits per heavy atom. The third-order valence-electron chi connectivity index (χ3n) is 1.42. The number of esters is 1. The molecule has 1 aromatic heterocycles. The van der Waals surface area contributed by atoms with Gasteiger partial charge in [0.25, 0.3) is 0 Å². The zero-order chi connectivity index (χ0) is 9.84. The van der Waals surface area contributed by atoms with Crippen LogP contribution < -0.4 is 0 Å². The van der Waals surface area contributed by atoms with Crippen LogP contribution >= 0.6 is 27.5 Å². The number of rotatable bonds is 2. The third-order valence-corrected chi connectivity index (χ3v) is 2.30. The Hall–Kier alpha value is -0.610. The molecule has 0 amide bonds. The number of alkyl halides is 1. The van der Waals surface area contributed by atoms with Gasteiger partial charge in [-0.05, 0) is 12.1 Å². The maximum absolute atomic E-state index is 11.1. The van der Waals surface area contributed by atoms with Crippen molar-refractivity contribution in [2.75, 3.05) is 7.11 Å². The van der Waals surface area contributed by atoms with Crippen molar-refractivity contribution in [2.24, 2.45) is 0 Å². The molecule has 0 aliphatic heterocycles. The molecule has 0 bridgehead atoms. The van der Waals surface area contributed by atoms with Gasteiger partial charge in [0.05, 0.1) is 17.8 Å². The van der Waals surface area contributed by atoms with Gasteiger partial charge >= 0.3 is 5.97 Å². The van der Waals surface area contributed by atoms with E-state index in [2.05, 4.69) is 25.7 Å². The monoisotopic (exact) mass is 263 g/mol. The summed E-state index contributed by atoms with van der Waals surface area (Å²) in [6.07, 6.45) is 0. The minimum atomic E-state index is -0.521. The Labute approximate surface area is 89.2 Å². The van der Waals surface area contributed by atoms with Gasteiger partial charge in [0.2, 0.25) is 0 Å². The summed E-state index contributed by atoms with van der Waals surface area (Å²) < 4.78 is 4.52. The average molecular weight is 265 g/mol. The maximum atomic E-state index is 11.1. The zero-order valence-corrected chi connectivity index (χ0v) is 9.22. The van der Waals surface area contributed by atoms with Crippen molar-refractivity contribution in [3.63, 3.8) is 0 Å². The lowest BCUT2D eigenvalue weighted by Gasteiger charge is -2.02. The predicted molar refractivity (Wildman–Crippen MR) is 53.2 cm³/mol. The number of nitrogens with zero attached hydrogens (tertiary/aromatic N) is 1. The molecule has 0 fully saturated rings. The van der Waals surface area contributed by atoms with E-state index in [1.54, 1.807) is 12.1 Å². The first kappa shape index (κ1) is 10.5. The first-order valence-electron chi connectivity index (χ1n) is 3.48. The highest BCUT2D eigenvalue weighted by Crippen LogP contribution is 2.16. The van der Waals surface area contributed by atoms with Gasteiger partial charge in [-0.25, -0.2) is 9.78 Å². The maximum Gasteiger partial charge on any atom is 0.358 e. The van der Waals surface area contributed by atoms with E-state index in [-0.39, 0.29) is 5.69 Å². The molecule has 0 spiro atoms. The lowest BCUT2D eigenvalue weighted by molar-refractivity contribution is 0.0594. The van der Waals surface area contributed by atoms with Crippen molar-refractivity contribution in [3.8, 4) is 0 Å². The molecule has 0 N–H and O–H groups in total. The molecule has 0 atom stereocenters. The third kappa shape index (κ3) is 2.42. The Bertz CT molecular complexity index is 330. The lowest BCUT2D eigenvalue weighted by atomic mass is 10.3. The summed E-state index contributed by atoms with van der Waals surface area (Å²) in [5.74, 6) is -0.521. The largest absolute Gasteiger partial charge is 0.464 e. The summed E-state index contributed by atoms with van der Waals surface area (Å²) in [6.45, 7) is 0. The predicted octanol–water partition coefficient (Wildman–Crippen LogP) is 2.42. The Kier molecular flexibility index (Phi) is 3.69. The summed E-state index contributed by atoms with van der Waals surface area (Å²) in [4.78, 5) is 15.1. The quantitative estimate of drug-likeness (QED) is 0.608. The highest BCUT2D eigenvalue weighted by Gasteiger charge is 2.12. The normalized spacial score (nSPS) is 9.77. The van der Waals surface area contributed by atoms with Crippen molar-refractivity contribution >= 4 is 33.5 Å². The Morgan fingerprint density at radius 1 is 1.69 bits per heavy atom. The van der Waals surface area contributed by atoms with Crippen LogP contribution in [-0.2, 0) is 10.1 Å². The van der Waals surface area contributed by atoms with Crippen LogP contribution in [0.25, 0.3) is 0 Å². The molecule has 0 unspecified atom stereocenters. The second kappa shape index (κ2) is 4.58. The number of methoxy groups -OCH3 is 1. The standard InChI is InChI=1S/C8H7BrClNO2/c1-13-8(12)7-6(10)3-2-5(4-9)11-7/h2-3H,4H2,1H3. The molecule has 0 saturated heterocycles. The number of hydrogen-bond acceptors (Lipinski definition) is 3. The van der Waals surface area contributed by atoms with Crippen molar-refractivity contribution in [1.29, 1.82) is 0 Å². The van der Waals surface area contributed by atoms with Crippen LogP contribution in [-0.4, -0.2) is 18.1 Å². The van der Waals surface area contributed by atoms with E-state index in [1.165, 1.54) is 7.11 Å². The molecule has 1 aromatic rings. The minimum Gasteiger partial charge on any atom is -0.464 e. The van der Waals surface area contributed by atoms with Gasteiger partial charge in [0, 0.05) is 5.33 Å². The number of halogens is 2. The van der Waals surface area contributed by atoms with Crippen LogP contribution in [0.3, 0.4) is 0 Å². The minimum absolute atomic E-state index is 0.154. The lowest BCUT2D eigenvalue weighted by Crippen LogP contribution is -2.06. The van der Waals surface area contributed by atoms with Crippen LogP contribution in [0.15, 0.2) is 12.1 Å². The van der Waals surface area contributed by atoms with E-state index in [9.17, 15) is 4.79 Å². The molecule has 1 heterocycles. The van der Waals surface area contributed by atoms with Gasteiger partial charge in [-0.15, -0.1) is 0 Å². The fourth-order valence-corrected chi connectivity index (χ4v) is 1.29. The van der Waals surface area contributed by atoms with E-state index in [1.807, 2.05) is 0 Å². The number of carbonyl (C=O) groups excluding carboxylic acids is 1. The summed E-state index contributed by atoms with van der Waals surface area (Å²) >= 11 is 8.98. The SMILES string of the molecule is COC(=O)c1nc(CBr)ccc1Cl. The van der Waals surface area contributed by atoms with Crippen molar-refractivity contribution in [3.05, 3.63) is 28.5 Å². The van der Waals surface area contributed by atoms with E-state index in [0.717, 1.165) is 5.69 Å². The van der Waals surface area contributed by atoms with Crippen molar-refractivity contribution < 1.29 is 9.53 Å². The van der Waals surface area contributed by atoms with Crippen LogP contribution in [0, 0.1) is 0 Å². The summed E-state index contributed by atoms with van der Waals surface area (Å²) in [6, 6.07) is 3.36. The first-order valence-corrected chi connectivity index (χ1v) is 4.98. The molecular weight excluding hydrogens is 257 g/mol. The van der Waals surface area contributed by atoms with Gasteiger partial charge in [-0.3, -0.25) is 0 Å². The molecule has 70 valence electrons. The van der Waals surface area contributed by atoms with Crippen LogP contribution in [0.5, 0.6) is 0 Å². The molecular formula is C8H7BrClNO2. The number of pyridine rings is 1. The van der Waals surface area contributed by atoms with E-state index in [0.29, 0.717) is 10.4 Å². The number of ether oxygens (including phenoxy) is 1. The van der Waals surface area contributed by atoms with Crippen LogP contribution in [0.4, 0.5) is 0 Å². The Morgan fingerprint density at radius 3 is 2.92 bits per heavy atom. The second-order valence-electron chi connectivity index (χ2n) is 2.26. The van der Waals surface area contributed by atoms with Gasteiger partial charge in [0.15, 0.2) is 5.69 Å². The molecule has 13 heavy (non-hydrogen) atoms. The van der Waals surface area contributed by atoms with E-state index >= 15 is 0 Å². The van der Waals surface area contributed by atoms with Crippen molar-refractivity contribution in [2.45, 2.75) is 5.33 Å². The molecule has 0 aliphatic carbocycles. The molecule has 0 aromatic carbocycles. The first-order chi connectivity index (χ1) is 6.19. The fraction of sp³-hybridized carbons (Fsp3) is 0.250. The van der Waals surface area contributed by atoms with E-state index in [4.69, 9.17) is 11.6 Å². The molecule has 3 nitrogen and oxygen atoms in total. The highest BCUT2D eigenvalue weighted by molar-refractivity contribution is 9.08. The van der Waals surface area contributed by atoms with E-state index < -0.39 is 5.97 Å². The van der Waals surface area contributed by atoms with Gasteiger partial charge in [-0.2, -0.15) is 0 Å². The second-order valence-corrected chi connectivity index (χ2v) is 3.23. The topological polar surface area (TPSA) is 39.2 Å². The average Bonchev–Trinajstić information content (AvgIpc) is 2.17. The van der Waals surface area contributed by atoms with Crippen LogP contribution in [0.2, 0.25) is 5.02 Å². The van der Waals surface area contributed by atoms with Gasteiger partial charge in [0.1, 0.15) is 0 Å². The van der Waals surface area contributed by atoms with Gasteiger partial charge in [-0.1, -0.05) is 27.5 Å². The van der Waals surface area contributed by atoms with Crippen molar-refractivity contribution in [1.82, 2.24) is 4.98 Å². The zero-order valence-electron chi connectivity index (χ0n) is 6.88. The molecule has 0 radical (unpaired) electrons. The van der Waals surface area contributed by atoms with Gasteiger partial charge < -0.3 is 4.74 Å². The molecule has 0 saturated carbocycles.